The predicted octanol–water partition coefficient (Wildman–Crippen LogP) is 4.06. The van der Waals surface area contributed by atoms with Crippen molar-refractivity contribution < 1.29 is 4.74 Å². The van der Waals surface area contributed by atoms with Crippen molar-refractivity contribution >= 4 is 5.82 Å². The highest BCUT2D eigenvalue weighted by atomic mass is 16.5. The summed E-state index contributed by atoms with van der Waals surface area (Å²) in [6.45, 7) is 10.4. The molecule has 0 unspecified atom stereocenters. The zero-order valence-corrected chi connectivity index (χ0v) is 13.6. The predicted molar refractivity (Wildman–Crippen MR) is 87.6 cm³/mol. The van der Waals surface area contributed by atoms with E-state index in [0.29, 0.717) is 6.04 Å². The Kier molecular flexibility index (Phi) is 4.56. The minimum absolute atomic E-state index is 0.150. The summed E-state index contributed by atoms with van der Waals surface area (Å²) in [5.74, 6) is 2.59. The monoisotopic (exact) mass is 287 g/mol. The van der Waals surface area contributed by atoms with Crippen molar-refractivity contribution in [2.24, 2.45) is 0 Å². The quantitative estimate of drug-likeness (QED) is 0.902. The number of hydrogen-bond acceptors (Lipinski definition) is 3. The standard InChI is InChI=1S/C17H25N3O/c1-6-15-19-16(17(18)20(15)11(2)3)13-8-7-9-14(10-13)21-12(4)5/h7-12H,6,18H2,1-5H3. The number of nitrogens with two attached hydrogens (primary N) is 1. The number of nitrogen functional groups attached to an aromatic ring is 1. The highest BCUT2D eigenvalue weighted by Gasteiger charge is 2.17. The minimum atomic E-state index is 0.150. The molecule has 0 saturated heterocycles. The van der Waals surface area contributed by atoms with Crippen molar-refractivity contribution in [3.8, 4) is 17.0 Å². The van der Waals surface area contributed by atoms with Crippen LogP contribution < -0.4 is 10.5 Å². The second kappa shape index (κ2) is 6.20. The molecule has 1 aromatic carbocycles. The Bertz CT molecular complexity index is 614. The van der Waals surface area contributed by atoms with E-state index in [9.17, 15) is 0 Å². The van der Waals surface area contributed by atoms with E-state index in [-0.39, 0.29) is 6.10 Å². The summed E-state index contributed by atoms with van der Waals surface area (Å²) >= 11 is 0. The van der Waals surface area contributed by atoms with Gasteiger partial charge >= 0.3 is 0 Å². The molecule has 0 amide bonds. The number of benzene rings is 1. The lowest BCUT2D eigenvalue weighted by atomic mass is 10.1. The highest BCUT2D eigenvalue weighted by Crippen LogP contribution is 2.31. The van der Waals surface area contributed by atoms with E-state index in [4.69, 9.17) is 15.5 Å². The largest absolute Gasteiger partial charge is 0.491 e. The number of imidazole rings is 1. The lowest BCUT2D eigenvalue weighted by Gasteiger charge is -2.13. The molecular formula is C17H25N3O. The normalized spacial score (nSPS) is 11.4. The molecule has 0 bridgehead atoms. The third-order valence-electron chi connectivity index (χ3n) is 3.33. The number of rotatable bonds is 5. The summed E-state index contributed by atoms with van der Waals surface area (Å²) in [6, 6.07) is 8.27. The first-order chi connectivity index (χ1) is 9.93. The molecule has 0 radical (unpaired) electrons. The minimum Gasteiger partial charge on any atom is -0.491 e. The fourth-order valence-electron chi connectivity index (χ4n) is 2.52. The molecule has 0 spiro atoms. The molecule has 2 aromatic rings. The van der Waals surface area contributed by atoms with Crippen LogP contribution in [0.2, 0.25) is 0 Å². The second-order valence-corrected chi connectivity index (χ2v) is 5.77. The van der Waals surface area contributed by atoms with Crippen molar-refractivity contribution in [3.63, 3.8) is 0 Å². The third kappa shape index (κ3) is 3.20. The third-order valence-corrected chi connectivity index (χ3v) is 3.33. The maximum Gasteiger partial charge on any atom is 0.131 e. The van der Waals surface area contributed by atoms with E-state index in [0.717, 1.165) is 35.1 Å². The van der Waals surface area contributed by atoms with Crippen molar-refractivity contribution in [3.05, 3.63) is 30.1 Å². The summed E-state index contributed by atoms with van der Waals surface area (Å²) in [4.78, 5) is 4.72. The van der Waals surface area contributed by atoms with Crippen LogP contribution in [0.3, 0.4) is 0 Å². The van der Waals surface area contributed by atoms with Crippen LogP contribution in [-0.2, 0) is 6.42 Å². The fourth-order valence-corrected chi connectivity index (χ4v) is 2.52. The van der Waals surface area contributed by atoms with E-state index >= 15 is 0 Å². The van der Waals surface area contributed by atoms with Crippen LogP contribution >= 0.6 is 0 Å². The van der Waals surface area contributed by atoms with Gasteiger partial charge in [-0.3, -0.25) is 0 Å². The van der Waals surface area contributed by atoms with Gasteiger partial charge in [-0.1, -0.05) is 19.1 Å². The molecular weight excluding hydrogens is 262 g/mol. The number of anilines is 1. The van der Waals surface area contributed by atoms with Crippen LogP contribution in [0.15, 0.2) is 24.3 Å². The highest BCUT2D eigenvalue weighted by molar-refractivity contribution is 5.72. The molecule has 0 atom stereocenters. The molecule has 2 N–H and O–H groups in total. The van der Waals surface area contributed by atoms with Crippen LogP contribution in [0.5, 0.6) is 5.75 Å². The SMILES string of the molecule is CCc1nc(-c2cccc(OC(C)C)c2)c(N)n1C(C)C. The molecule has 21 heavy (non-hydrogen) atoms. The molecule has 1 aromatic heterocycles. The summed E-state index contributed by atoms with van der Waals surface area (Å²) in [5.41, 5.74) is 8.17. The van der Waals surface area contributed by atoms with Gasteiger partial charge in [0.2, 0.25) is 0 Å². The zero-order valence-electron chi connectivity index (χ0n) is 13.6. The van der Waals surface area contributed by atoms with Gasteiger partial charge < -0.3 is 15.0 Å². The Labute approximate surface area is 127 Å². The van der Waals surface area contributed by atoms with Crippen LogP contribution in [0, 0.1) is 0 Å². The smallest absolute Gasteiger partial charge is 0.131 e. The molecule has 0 aliphatic heterocycles. The van der Waals surface area contributed by atoms with Crippen molar-refractivity contribution in [2.45, 2.75) is 53.2 Å². The maximum absolute atomic E-state index is 6.32. The van der Waals surface area contributed by atoms with Gasteiger partial charge in [0.1, 0.15) is 23.1 Å². The molecule has 0 aliphatic rings. The van der Waals surface area contributed by atoms with Gasteiger partial charge in [-0.15, -0.1) is 0 Å². The summed E-state index contributed by atoms with van der Waals surface area (Å²) in [5, 5.41) is 0. The summed E-state index contributed by atoms with van der Waals surface area (Å²) in [7, 11) is 0. The van der Waals surface area contributed by atoms with Gasteiger partial charge in [-0.05, 0) is 39.8 Å². The fraction of sp³-hybridized carbons (Fsp3) is 0.471. The van der Waals surface area contributed by atoms with E-state index < -0.39 is 0 Å². The topological polar surface area (TPSA) is 53.1 Å². The number of ether oxygens (including phenoxy) is 1. The molecule has 1 heterocycles. The Morgan fingerprint density at radius 2 is 1.95 bits per heavy atom. The number of aryl methyl sites for hydroxylation is 1. The van der Waals surface area contributed by atoms with Crippen LogP contribution in [0.4, 0.5) is 5.82 Å². The lowest BCUT2D eigenvalue weighted by molar-refractivity contribution is 0.242. The van der Waals surface area contributed by atoms with Gasteiger partial charge in [-0.2, -0.15) is 0 Å². The molecule has 4 heteroatoms. The molecule has 0 fully saturated rings. The first-order valence-electron chi connectivity index (χ1n) is 7.57. The molecule has 114 valence electrons. The second-order valence-electron chi connectivity index (χ2n) is 5.77. The van der Waals surface area contributed by atoms with Crippen LogP contribution in [-0.4, -0.2) is 15.7 Å². The zero-order chi connectivity index (χ0) is 15.6. The Morgan fingerprint density at radius 1 is 1.24 bits per heavy atom. The molecule has 4 nitrogen and oxygen atoms in total. The number of aromatic nitrogens is 2. The first-order valence-corrected chi connectivity index (χ1v) is 7.57. The first kappa shape index (κ1) is 15.4. The van der Waals surface area contributed by atoms with Gasteiger partial charge in [0.05, 0.1) is 6.10 Å². The van der Waals surface area contributed by atoms with Crippen LogP contribution in [0.1, 0.15) is 46.5 Å². The molecule has 0 aliphatic carbocycles. The Morgan fingerprint density at radius 3 is 2.48 bits per heavy atom. The van der Waals surface area contributed by atoms with Crippen molar-refractivity contribution in [1.29, 1.82) is 0 Å². The lowest BCUT2D eigenvalue weighted by Crippen LogP contribution is -2.09. The van der Waals surface area contributed by atoms with E-state index in [1.807, 2.05) is 38.1 Å². The van der Waals surface area contributed by atoms with E-state index in [1.54, 1.807) is 0 Å². The van der Waals surface area contributed by atoms with E-state index in [1.165, 1.54) is 0 Å². The van der Waals surface area contributed by atoms with Crippen molar-refractivity contribution in [2.75, 3.05) is 5.73 Å². The van der Waals surface area contributed by atoms with E-state index in [2.05, 4.69) is 25.3 Å². The van der Waals surface area contributed by atoms with Gasteiger partial charge in [-0.25, -0.2) is 4.98 Å². The Balaban J connectivity index is 2.47. The van der Waals surface area contributed by atoms with Gasteiger partial charge in [0.25, 0.3) is 0 Å². The summed E-state index contributed by atoms with van der Waals surface area (Å²) < 4.78 is 7.85. The van der Waals surface area contributed by atoms with Gasteiger partial charge in [0, 0.05) is 18.0 Å². The average Bonchev–Trinajstić information content (AvgIpc) is 2.75. The van der Waals surface area contributed by atoms with Crippen LogP contribution in [0.25, 0.3) is 11.3 Å². The summed E-state index contributed by atoms with van der Waals surface area (Å²) in [6.07, 6.45) is 1.02. The molecule has 0 saturated carbocycles. The van der Waals surface area contributed by atoms with Gasteiger partial charge in [0.15, 0.2) is 0 Å². The van der Waals surface area contributed by atoms with Crippen molar-refractivity contribution in [1.82, 2.24) is 9.55 Å². The average molecular weight is 287 g/mol. The Hall–Kier alpha value is -1.97. The maximum atomic E-state index is 6.32. The number of nitrogens with zero attached hydrogens (tertiary/aromatic N) is 2. The number of hydrogen-bond donors (Lipinski definition) is 1. The molecule has 2 rings (SSSR count).